The minimum Gasteiger partial charge on any atom is -0.446 e. The summed E-state index contributed by atoms with van der Waals surface area (Å²) in [5.74, 6) is -3.51. The van der Waals surface area contributed by atoms with Crippen molar-refractivity contribution in [1.29, 1.82) is 0 Å². The SMILES string of the molecule is CNC(=O)NC(=O)C(OC(=O)C(C(C)C)N1C(=O)c2ccccc2C1=O)c1ccccc1. The van der Waals surface area contributed by atoms with Crippen molar-refractivity contribution >= 4 is 29.7 Å². The molecule has 9 heteroatoms. The van der Waals surface area contributed by atoms with Gasteiger partial charge < -0.3 is 10.1 Å². The van der Waals surface area contributed by atoms with E-state index in [1.807, 2.05) is 0 Å². The molecule has 1 heterocycles. The van der Waals surface area contributed by atoms with Crippen LogP contribution in [-0.2, 0) is 14.3 Å². The Morgan fingerprint density at radius 2 is 1.41 bits per heavy atom. The molecular formula is C23H23N3O6. The summed E-state index contributed by atoms with van der Waals surface area (Å²) in [7, 11) is 1.34. The highest BCUT2D eigenvalue weighted by molar-refractivity contribution is 6.22. The highest BCUT2D eigenvalue weighted by Gasteiger charge is 2.45. The Bertz CT molecular complexity index is 1030. The van der Waals surface area contributed by atoms with E-state index in [1.54, 1.807) is 56.3 Å². The number of rotatable bonds is 6. The lowest BCUT2D eigenvalue weighted by Crippen LogP contribution is -2.50. The number of urea groups is 1. The smallest absolute Gasteiger partial charge is 0.330 e. The standard InChI is InChI=1S/C23H23N3O6/c1-13(2)17(26-20(28)15-11-7-8-12-16(15)21(26)29)22(30)32-18(14-9-5-4-6-10-14)19(27)25-23(31)24-3/h4-13,17-18H,1-3H3,(H2,24,25,27,31). The van der Waals surface area contributed by atoms with Crippen LogP contribution in [0.5, 0.6) is 0 Å². The minimum absolute atomic E-state index is 0.202. The maximum Gasteiger partial charge on any atom is 0.330 e. The van der Waals surface area contributed by atoms with Crippen LogP contribution in [0.25, 0.3) is 0 Å². The van der Waals surface area contributed by atoms with Crippen molar-refractivity contribution in [1.82, 2.24) is 15.5 Å². The number of nitrogens with zero attached hydrogens (tertiary/aromatic N) is 1. The first kappa shape index (κ1) is 22.7. The lowest BCUT2D eigenvalue weighted by molar-refractivity contribution is -0.161. The first-order chi connectivity index (χ1) is 15.3. The van der Waals surface area contributed by atoms with Gasteiger partial charge in [-0.25, -0.2) is 9.59 Å². The fraction of sp³-hybridized carbons (Fsp3) is 0.261. The molecule has 2 aromatic rings. The molecule has 2 atom stereocenters. The number of amides is 5. The largest absolute Gasteiger partial charge is 0.446 e. The average Bonchev–Trinajstić information content (AvgIpc) is 3.03. The van der Waals surface area contributed by atoms with Crippen molar-refractivity contribution < 1.29 is 28.7 Å². The predicted molar refractivity (Wildman–Crippen MR) is 113 cm³/mol. The first-order valence-corrected chi connectivity index (χ1v) is 10.0. The Kier molecular flexibility index (Phi) is 6.67. The second kappa shape index (κ2) is 9.42. The molecule has 0 saturated carbocycles. The second-order valence-corrected chi connectivity index (χ2v) is 7.51. The zero-order valence-corrected chi connectivity index (χ0v) is 17.8. The Balaban J connectivity index is 1.91. The van der Waals surface area contributed by atoms with Gasteiger partial charge in [0.1, 0.15) is 6.04 Å². The summed E-state index contributed by atoms with van der Waals surface area (Å²) in [6.45, 7) is 3.33. The zero-order valence-electron chi connectivity index (χ0n) is 17.8. The van der Waals surface area contributed by atoms with Gasteiger partial charge in [0.2, 0.25) is 6.10 Å². The Morgan fingerprint density at radius 1 is 0.875 bits per heavy atom. The van der Waals surface area contributed by atoms with Crippen LogP contribution in [0.2, 0.25) is 0 Å². The normalized spacial score (nSPS) is 14.6. The van der Waals surface area contributed by atoms with Crippen LogP contribution < -0.4 is 10.6 Å². The molecular weight excluding hydrogens is 414 g/mol. The number of hydrogen-bond donors (Lipinski definition) is 2. The van der Waals surface area contributed by atoms with Crippen LogP contribution >= 0.6 is 0 Å². The lowest BCUT2D eigenvalue weighted by Gasteiger charge is -2.29. The molecule has 1 aliphatic heterocycles. The van der Waals surface area contributed by atoms with E-state index in [-0.39, 0.29) is 11.1 Å². The second-order valence-electron chi connectivity index (χ2n) is 7.51. The lowest BCUT2D eigenvalue weighted by atomic mass is 10.0. The number of esters is 1. The maximum atomic E-state index is 13.2. The van der Waals surface area contributed by atoms with Crippen LogP contribution in [0.15, 0.2) is 54.6 Å². The van der Waals surface area contributed by atoms with Crippen LogP contribution in [0, 0.1) is 5.92 Å². The topological polar surface area (TPSA) is 122 Å². The molecule has 2 N–H and O–H groups in total. The fourth-order valence-corrected chi connectivity index (χ4v) is 3.46. The Morgan fingerprint density at radius 3 is 1.91 bits per heavy atom. The van der Waals surface area contributed by atoms with Crippen LogP contribution in [0.4, 0.5) is 4.79 Å². The number of carbonyl (C=O) groups is 5. The van der Waals surface area contributed by atoms with E-state index in [2.05, 4.69) is 10.6 Å². The zero-order chi connectivity index (χ0) is 23.4. The molecule has 0 aliphatic carbocycles. The van der Waals surface area contributed by atoms with Crippen molar-refractivity contribution in [2.45, 2.75) is 26.0 Å². The third-order valence-corrected chi connectivity index (χ3v) is 5.01. The van der Waals surface area contributed by atoms with Crippen molar-refractivity contribution in [3.05, 3.63) is 71.3 Å². The number of fused-ring (bicyclic) bond motifs is 1. The van der Waals surface area contributed by atoms with Crippen molar-refractivity contribution in [2.24, 2.45) is 5.92 Å². The Labute approximate surface area is 184 Å². The van der Waals surface area contributed by atoms with Gasteiger partial charge in [-0.2, -0.15) is 0 Å². The van der Waals surface area contributed by atoms with E-state index in [9.17, 15) is 24.0 Å². The maximum absolute atomic E-state index is 13.2. The number of ether oxygens (including phenoxy) is 1. The van der Waals surface area contributed by atoms with Gasteiger partial charge >= 0.3 is 12.0 Å². The van der Waals surface area contributed by atoms with E-state index in [0.717, 1.165) is 4.90 Å². The summed E-state index contributed by atoms with van der Waals surface area (Å²) in [4.78, 5) is 64.2. The van der Waals surface area contributed by atoms with Crippen molar-refractivity contribution in [2.75, 3.05) is 7.05 Å². The van der Waals surface area contributed by atoms with Crippen molar-refractivity contribution in [3.63, 3.8) is 0 Å². The van der Waals surface area contributed by atoms with Crippen molar-refractivity contribution in [3.8, 4) is 0 Å². The molecule has 0 radical (unpaired) electrons. The number of hydrogen-bond acceptors (Lipinski definition) is 6. The van der Waals surface area contributed by atoms with Gasteiger partial charge in [-0.15, -0.1) is 0 Å². The highest BCUT2D eigenvalue weighted by atomic mass is 16.6. The molecule has 0 saturated heterocycles. The number of benzene rings is 2. The molecule has 166 valence electrons. The predicted octanol–water partition coefficient (Wildman–Crippen LogP) is 2.05. The van der Waals surface area contributed by atoms with E-state index in [1.165, 1.54) is 19.2 Å². The van der Waals surface area contributed by atoms with Gasteiger partial charge in [-0.05, 0) is 18.1 Å². The minimum atomic E-state index is -1.46. The molecule has 2 unspecified atom stereocenters. The molecule has 0 aromatic heterocycles. The summed E-state index contributed by atoms with van der Waals surface area (Å²) < 4.78 is 5.50. The highest BCUT2D eigenvalue weighted by Crippen LogP contribution is 2.29. The summed E-state index contributed by atoms with van der Waals surface area (Å²) in [6, 6.07) is 12.4. The molecule has 2 aromatic carbocycles. The van der Waals surface area contributed by atoms with E-state index >= 15 is 0 Å². The molecule has 3 rings (SSSR count). The monoisotopic (exact) mass is 437 g/mol. The number of carbonyl (C=O) groups excluding carboxylic acids is 5. The molecule has 9 nitrogen and oxygen atoms in total. The van der Waals surface area contributed by atoms with Gasteiger partial charge in [0.25, 0.3) is 17.7 Å². The van der Waals surface area contributed by atoms with Crippen LogP contribution in [0.1, 0.15) is 46.2 Å². The summed E-state index contributed by atoms with van der Waals surface area (Å²) in [5, 5.41) is 4.34. The van der Waals surface area contributed by atoms with Crippen LogP contribution in [0.3, 0.4) is 0 Å². The summed E-state index contributed by atoms with van der Waals surface area (Å²) in [6.07, 6.45) is -1.46. The van der Waals surface area contributed by atoms with E-state index in [0.29, 0.717) is 5.56 Å². The summed E-state index contributed by atoms with van der Waals surface area (Å²) in [5.41, 5.74) is 0.730. The molecule has 0 fully saturated rings. The molecule has 0 bridgehead atoms. The van der Waals surface area contributed by atoms with Crippen LogP contribution in [-0.4, -0.2) is 47.7 Å². The third kappa shape index (κ3) is 4.36. The van der Waals surface area contributed by atoms with Gasteiger partial charge in [-0.1, -0.05) is 56.3 Å². The molecule has 1 aliphatic rings. The van der Waals surface area contributed by atoms with E-state index < -0.39 is 47.8 Å². The number of nitrogens with one attached hydrogen (secondary N) is 2. The quantitative estimate of drug-likeness (QED) is 0.527. The van der Waals surface area contributed by atoms with Gasteiger partial charge in [0.05, 0.1) is 11.1 Å². The van der Waals surface area contributed by atoms with E-state index in [4.69, 9.17) is 4.74 Å². The third-order valence-electron chi connectivity index (χ3n) is 5.01. The van der Waals surface area contributed by atoms with Gasteiger partial charge in [0.15, 0.2) is 0 Å². The first-order valence-electron chi connectivity index (χ1n) is 10.0. The number of imide groups is 2. The summed E-state index contributed by atoms with van der Waals surface area (Å²) >= 11 is 0. The fourth-order valence-electron chi connectivity index (χ4n) is 3.46. The molecule has 32 heavy (non-hydrogen) atoms. The Hall–Kier alpha value is -4.01. The molecule has 0 spiro atoms. The van der Waals surface area contributed by atoms with Gasteiger partial charge in [-0.3, -0.25) is 24.6 Å². The average molecular weight is 437 g/mol. The van der Waals surface area contributed by atoms with Gasteiger partial charge in [0, 0.05) is 12.6 Å². The molecule has 5 amide bonds.